The number of nitrogens with zero attached hydrogens (tertiary/aromatic N) is 3. The highest BCUT2D eigenvalue weighted by atomic mass is 35.5. The second-order valence-corrected chi connectivity index (χ2v) is 6.23. The molecule has 2 rings (SSSR count). The summed E-state index contributed by atoms with van der Waals surface area (Å²) in [4.78, 5) is 8.16. The molecule has 0 atom stereocenters. The van der Waals surface area contributed by atoms with Crippen LogP contribution in [0.5, 0.6) is 0 Å². The van der Waals surface area contributed by atoms with E-state index in [-0.39, 0.29) is 16.3 Å². The van der Waals surface area contributed by atoms with Gasteiger partial charge in [0.1, 0.15) is 6.33 Å². The Balaban J connectivity index is 2.52. The van der Waals surface area contributed by atoms with Gasteiger partial charge in [-0.1, -0.05) is 32.4 Å². The molecule has 0 aliphatic heterocycles. The Morgan fingerprint density at radius 2 is 1.76 bits per heavy atom. The maximum absolute atomic E-state index is 12.6. The van der Waals surface area contributed by atoms with Crippen molar-refractivity contribution in [2.75, 3.05) is 0 Å². The van der Waals surface area contributed by atoms with E-state index in [0.29, 0.717) is 0 Å². The first-order chi connectivity index (χ1) is 9.51. The summed E-state index contributed by atoms with van der Waals surface area (Å²) in [5, 5.41) is -0.0641. The van der Waals surface area contributed by atoms with Gasteiger partial charge in [-0.3, -0.25) is 4.57 Å². The second-order valence-electron chi connectivity index (χ2n) is 5.83. The Labute approximate surface area is 125 Å². The summed E-state index contributed by atoms with van der Waals surface area (Å²) in [5.74, 6) is 0.241. The lowest BCUT2D eigenvalue weighted by molar-refractivity contribution is -0.137. The summed E-state index contributed by atoms with van der Waals surface area (Å²) in [7, 11) is 0. The zero-order valence-corrected chi connectivity index (χ0v) is 12.8. The van der Waals surface area contributed by atoms with E-state index in [9.17, 15) is 13.2 Å². The molecule has 0 aliphatic rings. The van der Waals surface area contributed by atoms with E-state index in [1.165, 1.54) is 6.33 Å². The van der Waals surface area contributed by atoms with Crippen molar-refractivity contribution in [2.45, 2.75) is 39.3 Å². The number of hydrogen-bond acceptors (Lipinski definition) is 2. The Morgan fingerprint density at radius 3 is 2.19 bits per heavy atom. The van der Waals surface area contributed by atoms with Gasteiger partial charge < -0.3 is 0 Å². The molecule has 0 aliphatic carbocycles. The minimum absolute atomic E-state index is 0.0641. The average Bonchev–Trinajstić information content (AvgIpc) is 2.69. The van der Waals surface area contributed by atoms with Crippen molar-refractivity contribution in [1.29, 1.82) is 0 Å². The summed E-state index contributed by atoms with van der Waals surface area (Å²) < 4.78 is 39.5. The molecule has 0 radical (unpaired) electrons. The van der Waals surface area contributed by atoms with Gasteiger partial charge in [0.15, 0.2) is 5.82 Å². The van der Waals surface area contributed by atoms with Gasteiger partial charge in [-0.25, -0.2) is 9.97 Å². The Hall–Kier alpha value is -1.56. The molecule has 114 valence electrons. The van der Waals surface area contributed by atoms with E-state index in [1.54, 1.807) is 4.57 Å². The zero-order chi connectivity index (χ0) is 16.0. The molecule has 2 aromatic heterocycles. The largest absolute Gasteiger partial charge is 0.417 e. The third-order valence-electron chi connectivity index (χ3n) is 3.09. The summed E-state index contributed by atoms with van der Waals surface area (Å²) in [6.45, 7) is 7.86. The van der Waals surface area contributed by atoms with Crippen molar-refractivity contribution in [3.05, 3.63) is 40.6 Å². The monoisotopic (exact) mass is 317 g/mol. The van der Waals surface area contributed by atoms with E-state index >= 15 is 0 Å². The number of imidazole rings is 1. The molecule has 3 nitrogen and oxygen atoms in total. The molecule has 0 amide bonds. The first kappa shape index (κ1) is 15.8. The van der Waals surface area contributed by atoms with Crippen LogP contribution >= 0.6 is 11.6 Å². The number of pyridine rings is 1. The first-order valence-electron chi connectivity index (χ1n) is 6.29. The smallest absolute Gasteiger partial charge is 0.286 e. The third kappa shape index (κ3) is 3.05. The molecule has 2 aromatic rings. The maximum atomic E-state index is 12.6. The van der Waals surface area contributed by atoms with Gasteiger partial charge >= 0.3 is 6.18 Å². The van der Waals surface area contributed by atoms with Crippen LogP contribution in [0.3, 0.4) is 0 Å². The molecular formula is C14H15ClF3N3. The molecule has 2 heterocycles. The minimum Gasteiger partial charge on any atom is -0.286 e. The van der Waals surface area contributed by atoms with Crippen molar-refractivity contribution in [3.63, 3.8) is 0 Å². The lowest BCUT2D eigenvalue weighted by atomic mass is 9.91. The standard InChI is InChI=1S/C14H15ClF3N3/c1-8-11(13(2,3)4)20-7-21(8)12-10(15)5-9(6-19-12)14(16,17)18/h5-7H,1-4H3. The number of alkyl halides is 3. The predicted octanol–water partition coefficient (Wildman–Crippen LogP) is 4.55. The molecule has 0 bridgehead atoms. The number of aromatic nitrogens is 3. The van der Waals surface area contributed by atoms with Crippen molar-refractivity contribution in [1.82, 2.24) is 14.5 Å². The second kappa shape index (κ2) is 5.02. The van der Waals surface area contributed by atoms with E-state index in [4.69, 9.17) is 11.6 Å². The topological polar surface area (TPSA) is 30.7 Å². The van der Waals surface area contributed by atoms with Crippen molar-refractivity contribution in [3.8, 4) is 5.82 Å². The van der Waals surface area contributed by atoms with E-state index in [2.05, 4.69) is 9.97 Å². The highest BCUT2D eigenvalue weighted by Crippen LogP contribution is 2.33. The van der Waals surface area contributed by atoms with Crippen LogP contribution in [0, 0.1) is 6.92 Å². The molecule has 0 aromatic carbocycles. The van der Waals surface area contributed by atoms with Crippen LogP contribution < -0.4 is 0 Å². The molecular weight excluding hydrogens is 303 g/mol. The van der Waals surface area contributed by atoms with Gasteiger partial charge in [0, 0.05) is 17.3 Å². The van der Waals surface area contributed by atoms with Gasteiger partial charge in [-0.15, -0.1) is 0 Å². The van der Waals surface area contributed by atoms with Crippen LogP contribution in [-0.2, 0) is 11.6 Å². The van der Waals surface area contributed by atoms with Gasteiger partial charge in [0.2, 0.25) is 0 Å². The molecule has 0 fully saturated rings. The van der Waals surface area contributed by atoms with Crippen molar-refractivity contribution >= 4 is 11.6 Å². The minimum atomic E-state index is -4.46. The van der Waals surface area contributed by atoms with E-state index in [1.807, 2.05) is 27.7 Å². The Kier molecular flexibility index (Phi) is 3.78. The van der Waals surface area contributed by atoms with Crippen molar-refractivity contribution < 1.29 is 13.2 Å². The van der Waals surface area contributed by atoms with E-state index < -0.39 is 11.7 Å². The Morgan fingerprint density at radius 1 is 1.14 bits per heavy atom. The van der Waals surface area contributed by atoms with Gasteiger partial charge in [-0.2, -0.15) is 13.2 Å². The first-order valence-corrected chi connectivity index (χ1v) is 6.67. The van der Waals surface area contributed by atoms with Gasteiger partial charge in [0.25, 0.3) is 0 Å². The average molecular weight is 318 g/mol. The fraction of sp³-hybridized carbons (Fsp3) is 0.429. The Bertz CT molecular complexity index is 669. The fourth-order valence-corrected chi connectivity index (χ4v) is 2.38. The van der Waals surface area contributed by atoms with Gasteiger partial charge in [-0.05, 0) is 13.0 Å². The van der Waals surface area contributed by atoms with Crippen LogP contribution in [0.2, 0.25) is 5.02 Å². The molecule has 7 heteroatoms. The lowest BCUT2D eigenvalue weighted by Crippen LogP contribution is -2.14. The summed E-state index contributed by atoms with van der Waals surface area (Å²) in [6.07, 6.45) is -2.16. The molecule has 0 saturated heterocycles. The zero-order valence-electron chi connectivity index (χ0n) is 12.1. The van der Waals surface area contributed by atoms with Crippen LogP contribution in [0.4, 0.5) is 13.2 Å². The van der Waals surface area contributed by atoms with Crippen LogP contribution in [0.25, 0.3) is 5.82 Å². The summed E-state index contributed by atoms with van der Waals surface area (Å²) in [5.41, 5.74) is 0.607. The molecule has 0 saturated carbocycles. The van der Waals surface area contributed by atoms with Gasteiger partial charge in [0.05, 0.1) is 16.3 Å². The maximum Gasteiger partial charge on any atom is 0.417 e. The molecule has 0 N–H and O–H groups in total. The number of rotatable bonds is 1. The number of hydrogen-bond donors (Lipinski definition) is 0. The normalized spacial score (nSPS) is 12.8. The number of halogens is 4. The summed E-state index contributed by atoms with van der Waals surface area (Å²) >= 11 is 5.95. The third-order valence-corrected chi connectivity index (χ3v) is 3.37. The summed E-state index contributed by atoms with van der Waals surface area (Å²) in [6, 6.07) is 0.875. The van der Waals surface area contributed by atoms with Crippen LogP contribution in [0.15, 0.2) is 18.6 Å². The van der Waals surface area contributed by atoms with Crippen molar-refractivity contribution in [2.24, 2.45) is 0 Å². The van der Waals surface area contributed by atoms with E-state index in [0.717, 1.165) is 23.7 Å². The lowest BCUT2D eigenvalue weighted by Gasteiger charge is -2.17. The SMILES string of the molecule is Cc1c(C(C)(C)C)ncn1-c1ncc(C(F)(F)F)cc1Cl. The predicted molar refractivity (Wildman–Crippen MR) is 74.8 cm³/mol. The molecule has 0 spiro atoms. The quantitative estimate of drug-likeness (QED) is 0.772. The van der Waals surface area contributed by atoms with Crippen LogP contribution in [-0.4, -0.2) is 14.5 Å². The molecule has 0 unspecified atom stereocenters. The highest BCUT2D eigenvalue weighted by Gasteiger charge is 2.32. The van der Waals surface area contributed by atoms with Crippen LogP contribution in [0.1, 0.15) is 37.7 Å². The fourth-order valence-electron chi connectivity index (χ4n) is 2.12. The molecule has 21 heavy (non-hydrogen) atoms. The highest BCUT2D eigenvalue weighted by molar-refractivity contribution is 6.32.